The van der Waals surface area contributed by atoms with Gasteiger partial charge in [-0.05, 0) is 42.4 Å². The Labute approximate surface area is 120 Å². The van der Waals surface area contributed by atoms with Gasteiger partial charge in [0.05, 0.1) is 6.42 Å². The Bertz CT molecular complexity index is 421. The maximum Gasteiger partial charge on any atom is 0.224 e. The van der Waals surface area contributed by atoms with E-state index in [1.54, 1.807) is 12.1 Å². The van der Waals surface area contributed by atoms with E-state index in [1.807, 2.05) is 0 Å². The van der Waals surface area contributed by atoms with E-state index in [0.29, 0.717) is 24.4 Å². The summed E-state index contributed by atoms with van der Waals surface area (Å²) in [6, 6.07) is 6.08. The van der Waals surface area contributed by atoms with Gasteiger partial charge in [-0.3, -0.25) is 4.79 Å². The number of rotatable bonds is 8. The first-order valence-electron chi connectivity index (χ1n) is 7.13. The molecule has 0 aliphatic carbocycles. The molecule has 112 valence electrons. The van der Waals surface area contributed by atoms with Crippen LogP contribution in [0.2, 0.25) is 0 Å². The van der Waals surface area contributed by atoms with E-state index in [9.17, 15) is 9.18 Å². The van der Waals surface area contributed by atoms with Crippen molar-refractivity contribution < 1.29 is 14.3 Å². The summed E-state index contributed by atoms with van der Waals surface area (Å²) in [6.45, 7) is 4.95. The molecule has 1 unspecified atom stereocenters. The summed E-state index contributed by atoms with van der Waals surface area (Å²) in [7, 11) is 0. The van der Waals surface area contributed by atoms with E-state index in [0.717, 1.165) is 6.42 Å². The second-order valence-corrected chi connectivity index (χ2v) is 5.62. The molecule has 0 heterocycles. The van der Waals surface area contributed by atoms with Crippen molar-refractivity contribution in [3.05, 3.63) is 35.6 Å². The lowest BCUT2D eigenvalue weighted by molar-refractivity contribution is -0.120. The zero-order valence-electron chi connectivity index (χ0n) is 12.2. The van der Waals surface area contributed by atoms with Crippen LogP contribution < -0.4 is 5.32 Å². The summed E-state index contributed by atoms with van der Waals surface area (Å²) in [5.41, 5.74) is 0.671. The van der Waals surface area contributed by atoms with Gasteiger partial charge in [0.2, 0.25) is 5.91 Å². The Hall–Kier alpha value is -1.42. The van der Waals surface area contributed by atoms with Gasteiger partial charge in [0.15, 0.2) is 0 Å². The van der Waals surface area contributed by atoms with Gasteiger partial charge in [0, 0.05) is 13.2 Å². The molecule has 0 spiro atoms. The Kier molecular flexibility index (Phi) is 7.23. The number of aliphatic hydroxyl groups excluding tert-OH is 1. The minimum Gasteiger partial charge on any atom is -0.396 e. The third-order valence-corrected chi connectivity index (χ3v) is 3.18. The summed E-state index contributed by atoms with van der Waals surface area (Å²) in [5, 5.41) is 11.9. The van der Waals surface area contributed by atoms with Gasteiger partial charge >= 0.3 is 0 Å². The second kappa shape index (κ2) is 8.69. The van der Waals surface area contributed by atoms with E-state index in [4.69, 9.17) is 5.11 Å². The minimum absolute atomic E-state index is 0.109. The van der Waals surface area contributed by atoms with Crippen molar-refractivity contribution in [3.8, 4) is 0 Å². The van der Waals surface area contributed by atoms with E-state index in [1.165, 1.54) is 12.1 Å². The Morgan fingerprint density at radius 2 is 2.15 bits per heavy atom. The van der Waals surface area contributed by atoms with Crippen LogP contribution in [0.25, 0.3) is 0 Å². The Balaban J connectivity index is 2.41. The van der Waals surface area contributed by atoms with Crippen LogP contribution >= 0.6 is 0 Å². The van der Waals surface area contributed by atoms with Gasteiger partial charge in [-0.2, -0.15) is 0 Å². The zero-order chi connectivity index (χ0) is 15.0. The molecule has 0 aromatic heterocycles. The average Bonchev–Trinajstić information content (AvgIpc) is 2.35. The van der Waals surface area contributed by atoms with Gasteiger partial charge in [0.25, 0.3) is 0 Å². The lowest BCUT2D eigenvalue weighted by atomic mass is 9.94. The molecule has 0 radical (unpaired) electrons. The van der Waals surface area contributed by atoms with Gasteiger partial charge in [-0.25, -0.2) is 4.39 Å². The van der Waals surface area contributed by atoms with Gasteiger partial charge in [-0.1, -0.05) is 26.0 Å². The fraction of sp³-hybridized carbons (Fsp3) is 0.562. The van der Waals surface area contributed by atoms with E-state index >= 15 is 0 Å². The van der Waals surface area contributed by atoms with Crippen LogP contribution in [-0.4, -0.2) is 24.2 Å². The predicted molar refractivity (Wildman–Crippen MR) is 77.8 cm³/mol. The highest BCUT2D eigenvalue weighted by Gasteiger charge is 2.12. The van der Waals surface area contributed by atoms with E-state index in [-0.39, 0.29) is 30.7 Å². The average molecular weight is 281 g/mol. The number of halogens is 1. The molecule has 1 aromatic rings. The first-order chi connectivity index (χ1) is 9.51. The van der Waals surface area contributed by atoms with Gasteiger partial charge in [-0.15, -0.1) is 0 Å². The molecule has 0 bridgehead atoms. The molecular weight excluding hydrogens is 257 g/mol. The highest BCUT2D eigenvalue weighted by Crippen LogP contribution is 2.14. The first-order valence-corrected chi connectivity index (χ1v) is 7.13. The van der Waals surface area contributed by atoms with Crippen molar-refractivity contribution >= 4 is 5.91 Å². The molecule has 0 saturated heterocycles. The number of benzene rings is 1. The van der Waals surface area contributed by atoms with Gasteiger partial charge < -0.3 is 10.4 Å². The number of carbonyl (C=O) groups is 1. The van der Waals surface area contributed by atoms with Crippen LogP contribution in [0, 0.1) is 17.7 Å². The zero-order valence-corrected chi connectivity index (χ0v) is 12.2. The molecule has 1 amide bonds. The van der Waals surface area contributed by atoms with Crippen LogP contribution in [0.1, 0.15) is 32.3 Å². The summed E-state index contributed by atoms with van der Waals surface area (Å²) >= 11 is 0. The maximum absolute atomic E-state index is 13.0. The van der Waals surface area contributed by atoms with Gasteiger partial charge in [0.1, 0.15) is 5.82 Å². The molecular formula is C16H24FNO2. The number of hydrogen-bond acceptors (Lipinski definition) is 2. The molecule has 4 heteroatoms. The van der Waals surface area contributed by atoms with Crippen molar-refractivity contribution in [1.82, 2.24) is 5.32 Å². The number of amides is 1. The molecule has 2 N–H and O–H groups in total. The summed E-state index contributed by atoms with van der Waals surface area (Å²) in [6.07, 6.45) is 1.85. The third-order valence-electron chi connectivity index (χ3n) is 3.18. The minimum atomic E-state index is -0.326. The van der Waals surface area contributed by atoms with Crippen molar-refractivity contribution in [3.63, 3.8) is 0 Å². The maximum atomic E-state index is 13.0. The van der Waals surface area contributed by atoms with Crippen LogP contribution in [-0.2, 0) is 11.2 Å². The van der Waals surface area contributed by atoms with E-state index in [2.05, 4.69) is 19.2 Å². The fourth-order valence-corrected chi connectivity index (χ4v) is 2.31. The number of aliphatic hydroxyl groups is 1. The molecule has 0 aliphatic heterocycles. The van der Waals surface area contributed by atoms with Crippen LogP contribution in [0.15, 0.2) is 24.3 Å². The normalized spacial score (nSPS) is 12.4. The predicted octanol–water partition coefficient (Wildman–Crippen LogP) is 2.53. The largest absolute Gasteiger partial charge is 0.396 e. The fourth-order valence-electron chi connectivity index (χ4n) is 2.31. The highest BCUT2D eigenvalue weighted by atomic mass is 19.1. The van der Waals surface area contributed by atoms with Crippen LogP contribution in [0.5, 0.6) is 0 Å². The standard InChI is InChI=1S/C16H24FNO2/c1-12(2)8-14(6-7-19)11-18-16(20)10-13-4-3-5-15(17)9-13/h3-5,9,12,14,19H,6-8,10-11H2,1-2H3,(H,18,20). The molecule has 20 heavy (non-hydrogen) atoms. The smallest absolute Gasteiger partial charge is 0.224 e. The monoisotopic (exact) mass is 281 g/mol. The number of carbonyl (C=O) groups excluding carboxylic acids is 1. The summed E-state index contributed by atoms with van der Waals surface area (Å²) in [5.74, 6) is 0.388. The van der Waals surface area contributed by atoms with Crippen LogP contribution in [0.4, 0.5) is 4.39 Å². The third kappa shape index (κ3) is 6.66. The van der Waals surface area contributed by atoms with Crippen LogP contribution in [0.3, 0.4) is 0 Å². The molecule has 0 saturated carbocycles. The molecule has 0 fully saturated rings. The molecule has 1 aromatic carbocycles. The lowest BCUT2D eigenvalue weighted by Gasteiger charge is -2.18. The van der Waals surface area contributed by atoms with Crippen molar-refractivity contribution in [1.29, 1.82) is 0 Å². The second-order valence-electron chi connectivity index (χ2n) is 5.62. The summed E-state index contributed by atoms with van der Waals surface area (Å²) in [4.78, 5) is 11.8. The van der Waals surface area contributed by atoms with Crippen molar-refractivity contribution in [2.45, 2.75) is 33.1 Å². The van der Waals surface area contributed by atoms with E-state index < -0.39 is 0 Å². The summed E-state index contributed by atoms with van der Waals surface area (Å²) < 4.78 is 13.0. The topological polar surface area (TPSA) is 49.3 Å². The number of nitrogens with one attached hydrogen (secondary N) is 1. The Morgan fingerprint density at radius 3 is 2.75 bits per heavy atom. The molecule has 0 aliphatic rings. The Morgan fingerprint density at radius 1 is 1.40 bits per heavy atom. The first kappa shape index (κ1) is 16.6. The van der Waals surface area contributed by atoms with Crippen molar-refractivity contribution in [2.75, 3.05) is 13.2 Å². The molecule has 1 atom stereocenters. The molecule has 1 rings (SSSR count). The quantitative estimate of drug-likeness (QED) is 0.769. The lowest BCUT2D eigenvalue weighted by Crippen LogP contribution is -2.31. The van der Waals surface area contributed by atoms with Crippen molar-refractivity contribution in [2.24, 2.45) is 11.8 Å². The SMILES string of the molecule is CC(C)CC(CCO)CNC(=O)Cc1cccc(F)c1. The molecule has 3 nitrogen and oxygen atoms in total. The highest BCUT2D eigenvalue weighted by molar-refractivity contribution is 5.78. The number of hydrogen-bond donors (Lipinski definition) is 2.